The largest absolute Gasteiger partial charge is 0.311 e. The first kappa shape index (κ1) is 8.69. The summed E-state index contributed by atoms with van der Waals surface area (Å²) in [6, 6.07) is 0. The van der Waals surface area contributed by atoms with Crippen molar-refractivity contribution in [2.24, 2.45) is 0 Å². The van der Waals surface area contributed by atoms with Gasteiger partial charge in [-0.1, -0.05) is 8.96 Å². The summed E-state index contributed by atoms with van der Waals surface area (Å²) in [7, 11) is -0.333. The van der Waals surface area contributed by atoms with Crippen LogP contribution in [-0.2, 0) is 4.79 Å². The number of hydrogen-bond acceptors (Lipinski definition) is 1. The predicted molar refractivity (Wildman–Crippen MR) is 32.8 cm³/mol. The molecule has 0 saturated heterocycles. The van der Waals surface area contributed by atoms with Gasteiger partial charge in [0.05, 0.1) is 20.5 Å². The summed E-state index contributed by atoms with van der Waals surface area (Å²) in [6.07, 6.45) is 0. The second kappa shape index (κ2) is 2.52. The first-order valence-corrected chi connectivity index (χ1v) is 4.20. The molecule has 0 bridgehead atoms. The fourth-order valence-corrected chi connectivity index (χ4v) is 0.539. The lowest BCUT2D eigenvalue weighted by Gasteiger charge is -2.11. The highest BCUT2D eigenvalue weighted by atomic mass is 28.2. The van der Waals surface area contributed by atoms with Gasteiger partial charge in [0.25, 0.3) is 0 Å². The van der Waals surface area contributed by atoms with E-state index < -0.39 is 16.2 Å². The molecule has 0 radical (unpaired) electrons. The van der Waals surface area contributed by atoms with Gasteiger partial charge < -0.3 is 0 Å². The summed E-state index contributed by atoms with van der Waals surface area (Å²) >= 11 is 0. The van der Waals surface area contributed by atoms with E-state index in [4.69, 9.17) is 0 Å². The van der Waals surface area contributed by atoms with Crippen LogP contribution in [0.25, 0.3) is 0 Å². The fraction of sp³-hybridized carbons (Fsp3) is 0.500. The molecule has 0 atom stereocenters. The molecule has 0 fully saturated rings. The number of carbonyl (C=O) groups excluding carboxylic acids is 1. The number of nitrogens with zero attached hydrogens (tertiary/aromatic N) is 1. The van der Waals surface area contributed by atoms with Crippen molar-refractivity contribution in [2.75, 3.05) is 0 Å². The van der Waals surface area contributed by atoms with Crippen molar-refractivity contribution in [3.63, 3.8) is 0 Å². The summed E-state index contributed by atoms with van der Waals surface area (Å²) in [4.78, 5) is 7.83. The number of rotatable bonds is 1. The molecule has 2 nitrogen and oxygen atoms in total. The van der Waals surface area contributed by atoms with Crippen LogP contribution in [0.5, 0.6) is 0 Å². The Bertz CT molecular complexity index is 121. The van der Waals surface area contributed by atoms with Crippen molar-refractivity contribution in [1.82, 2.24) is 5.34 Å². The van der Waals surface area contributed by atoms with Crippen LogP contribution >= 0.6 is 0 Å². The van der Waals surface area contributed by atoms with Crippen LogP contribution in [-0.4, -0.2) is 36.7 Å². The topological polar surface area (TPSA) is 20.3 Å². The Morgan fingerprint density at radius 2 is 1.78 bits per heavy atom. The molecule has 9 heavy (non-hydrogen) atoms. The van der Waals surface area contributed by atoms with Gasteiger partial charge >= 0.3 is 5.91 Å². The summed E-state index contributed by atoms with van der Waals surface area (Å²) in [6.45, 7) is 0. The third kappa shape index (κ3) is 2.65. The second-order valence-corrected chi connectivity index (χ2v) is 7.77. The van der Waals surface area contributed by atoms with Crippen molar-refractivity contribution in [2.45, 2.75) is 4.92 Å². The van der Waals surface area contributed by atoms with Crippen molar-refractivity contribution in [3.8, 4) is 0 Å². The molecule has 0 aromatic carbocycles. The van der Waals surface area contributed by atoms with E-state index in [1.165, 1.54) is 0 Å². The van der Waals surface area contributed by atoms with Gasteiger partial charge in [-0.05, 0) is 5.34 Å². The molecule has 0 aliphatic heterocycles. The molecule has 1 amide bonds. The number of hydrogen-bond donors (Lipinski definition) is 0. The summed E-state index contributed by atoms with van der Waals surface area (Å²) < 4.78 is 34.7. The highest BCUT2D eigenvalue weighted by Crippen LogP contribution is 2.05. The first-order valence-electron chi connectivity index (χ1n) is 2.20. The van der Waals surface area contributed by atoms with Gasteiger partial charge in [0.15, 0.2) is 0 Å². The minimum atomic E-state index is -2.20. The van der Waals surface area contributed by atoms with Gasteiger partial charge in [0.1, 0.15) is 4.92 Å². The maximum absolute atomic E-state index is 12.3. The molecule has 7 heteroatoms. The number of amides is 1. The quantitative estimate of drug-likeness (QED) is 0.330. The Labute approximate surface area is 55.7 Å². The normalized spacial score (nSPS) is 17.2. The van der Waals surface area contributed by atoms with Crippen LogP contribution in [0, 0.1) is 0 Å². The van der Waals surface area contributed by atoms with Crippen molar-refractivity contribution in [1.29, 1.82) is 0 Å². The van der Waals surface area contributed by atoms with E-state index in [1.54, 1.807) is 0 Å². The van der Waals surface area contributed by atoms with E-state index in [9.17, 15) is 18.1 Å². The van der Waals surface area contributed by atoms with Gasteiger partial charge in [-0.15, -0.1) is 0 Å². The van der Waals surface area contributed by atoms with E-state index in [-0.39, 0.29) is 20.5 Å². The highest BCUT2D eigenvalue weighted by molar-refractivity contribution is 6.49. The van der Waals surface area contributed by atoms with Crippen molar-refractivity contribution < 1.29 is 18.1 Å². The van der Waals surface area contributed by atoms with Gasteiger partial charge in [-0.2, -0.15) is 0 Å². The molecule has 0 saturated carbocycles. The zero-order valence-corrected chi connectivity index (χ0v) is 8.99. The lowest BCUT2D eigenvalue weighted by Crippen LogP contribution is -2.40. The van der Waals surface area contributed by atoms with Gasteiger partial charge in [0, 0.05) is 0 Å². The summed E-state index contributed by atoms with van der Waals surface area (Å²) in [5.74, 6) is -1.71. The Balaban J connectivity index is 4.06. The Morgan fingerprint density at radius 3 is 1.78 bits per heavy atom. The first-order chi connectivity index (χ1) is 3.85. The van der Waals surface area contributed by atoms with Crippen LogP contribution in [0.15, 0.2) is 0 Å². The maximum Gasteiger partial charge on any atom is 0.311 e. The highest BCUT2D eigenvalue weighted by Gasteiger charge is 2.32. The third-order valence-electron chi connectivity index (χ3n) is 0.662. The van der Waals surface area contributed by atoms with E-state index in [0.717, 1.165) is 0 Å². The van der Waals surface area contributed by atoms with Crippen LogP contribution in [0.3, 0.4) is 0 Å². The van der Waals surface area contributed by atoms with E-state index in [2.05, 4.69) is 0 Å². The molecular weight excluding hydrogens is 167 g/mol. The molecule has 0 unspecified atom stereocenters. The standard InChI is InChI=1S/C2H6F3NOSi2/c3-2(8,9)1(7)6(4)5/h8-9H3. The molecule has 0 spiro atoms. The minimum absolute atomic E-state index is 0.166. The SMILES string of the molecule is O=C(N(F)F)C(F)([SiH3])[SiH3]. The molecule has 0 aromatic rings. The maximum atomic E-state index is 12.3. The lowest BCUT2D eigenvalue weighted by atomic mass is 10.7. The molecule has 0 heterocycles. The van der Waals surface area contributed by atoms with Gasteiger partial charge in [0.2, 0.25) is 0 Å². The van der Waals surface area contributed by atoms with Crippen LogP contribution < -0.4 is 0 Å². The molecule has 0 aliphatic rings. The van der Waals surface area contributed by atoms with Crippen LogP contribution in [0.1, 0.15) is 0 Å². The Kier molecular flexibility index (Phi) is 2.44. The van der Waals surface area contributed by atoms with E-state index >= 15 is 0 Å². The monoisotopic (exact) mass is 173 g/mol. The average molecular weight is 173 g/mol. The number of carbonyl (C=O) groups is 1. The van der Waals surface area contributed by atoms with Crippen LogP contribution in [0.2, 0.25) is 0 Å². The summed E-state index contributed by atoms with van der Waals surface area (Å²) in [5.41, 5.74) is 0. The molecule has 54 valence electrons. The van der Waals surface area contributed by atoms with Gasteiger partial charge in [-0.25, -0.2) is 4.39 Å². The number of halogens is 3. The zero-order valence-electron chi connectivity index (χ0n) is 4.99. The number of alkyl halides is 1. The summed E-state index contributed by atoms with van der Waals surface area (Å²) in [5, 5.41) is -1.69. The fourth-order valence-electron chi connectivity index (χ4n) is 0.201. The van der Waals surface area contributed by atoms with Crippen molar-refractivity contribution >= 4 is 26.4 Å². The van der Waals surface area contributed by atoms with Gasteiger partial charge in [-0.3, -0.25) is 4.79 Å². The third-order valence-corrected chi connectivity index (χ3v) is 1.52. The Hall–Kier alpha value is -0.306. The second-order valence-electron chi connectivity index (χ2n) is 2.01. The van der Waals surface area contributed by atoms with E-state index in [1.807, 2.05) is 0 Å². The molecular formula is C2H6F3NOSi2. The molecule has 0 aromatic heterocycles. The molecule has 0 rings (SSSR count). The average Bonchev–Trinajstić information content (AvgIpc) is 1.62. The van der Waals surface area contributed by atoms with Crippen molar-refractivity contribution in [3.05, 3.63) is 0 Å². The van der Waals surface area contributed by atoms with E-state index in [0.29, 0.717) is 0 Å². The minimum Gasteiger partial charge on any atom is -0.266 e. The predicted octanol–water partition coefficient (Wildman–Crippen LogP) is -2.06. The smallest absolute Gasteiger partial charge is 0.266 e. The zero-order chi connectivity index (χ0) is 7.65. The molecule has 0 N–H and O–H groups in total. The molecule has 0 aliphatic carbocycles. The lowest BCUT2D eigenvalue weighted by molar-refractivity contribution is -0.191. The van der Waals surface area contributed by atoms with Crippen LogP contribution in [0.4, 0.5) is 13.4 Å². The Morgan fingerprint density at radius 1 is 1.44 bits per heavy atom.